The van der Waals surface area contributed by atoms with Gasteiger partial charge in [0.15, 0.2) is 0 Å². The number of benzene rings is 2. The zero-order valence-electron chi connectivity index (χ0n) is 9.22. The Bertz CT molecular complexity index is 495. The van der Waals surface area contributed by atoms with Crippen LogP contribution in [0.3, 0.4) is 0 Å². The molecule has 2 rings (SSSR count). The van der Waals surface area contributed by atoms with Gasteiger partial charge in [0.05, 0.1) is 0 Å². The second-order valence-electron chi connectivity index (χ2n) is 3.84. The first-order valence-corrected chi connectivity index (χ1v) is 5.28. The van der Waals surface area contributed by atoms with Gasteiger partial charge in [-0.15, -0.1) is 0 Å². The van der Waals surface area contributed by atoms with Gasteiger partial charge in [-0.25, -0.2) is 0 Å². The minimum atomic E-state index is 0.299. The van der Waals surface area contributed by atoms with E-state index in [-0.39, 0.29) is 0 Å². The lowest BCUT2D eigenvalue weighted by atomic mass is 10.1. The zero-order valence-corrected chi connectivity index (χ0v) is 9.22. The summed E-state index contributed by atoms with van der Waals surface area (Å²) in [5.41, 5.74) is 3.53. The highest BCUT2D eigenvalue weighted by Crippen LogP contribution is 2.13. The van der Waals surface area contributed by atoms with E-state index in [4.69, 9.17) is 5.11 Å². The van der Waals surface area contributed by atoms with Crippen LogP contribution < -0.4 is 0 Å². The highest BCUT2D eigenvalue weighted by molar-refractivity contribution is 5.69. The van der Waals surface area contributed by atoms with Crippen LogP contribution in [0, 0.1) is 6.92 Å². The topological polar surface area (TPSA) is 20.2 Å². The first-order chi connectivity index (χ1) is 7.74. The van der Waals surface area contributed by atoms with Gasteiger partial charge in [0.1, 0.15) is 5.75 Å². The Hall–Kier alpha value is -2.02. The predicted molar refractivity (Wildman–Crippen MR) is 68.2 cm³/mol. The minimum Gasteiger partial charge on any atom is -0.508 e. The van der Waals surface area contributed by atoms with Crippen LogP contribution in [0.2, 0.25) is 0 Å². The molecule has 0 aliphatic carbocycles. The molecule has 0 spiro atoms. The predicted octanol–water partition coefficient (Wildman–Crippen LogP) is 3.87. The first-order valence-electron chi connectivity index (χ1n) is 5.28. The van der Waals surface area contributed by atoms with Gasteiger partial charge in [0.2, 0.25) is 0 Å². The summed E-state index contributed by atoms with van der Waals surface area (Å²) in [5, 5.41) is 9.15. The fraction of sp³-hybridized carbons (Fsp3) is 0.0667. The molecule has 0 amide bonds. The van der Waals surface area contributed by atoms with Crippen LogP contribution in [-0.2, 0) is 0 Å². The molecule has 16 heavy (non-hydrogen) atoms. The summed E-state index contributed by atoms with van der Waals surface area (Å²) in [6.07, 6.45) is 4.10. The van der Waals surface area contributed by atoms with Gasteiger partial charge < -0.3 is 5.11 Å². The van der Waals surface area contributed by atoms with Crippen LogP contribution in [-0.4, -0.2) is 5.11 Å². The smallest absolute Gasteiger partial charge is 0.115 e. The van der Waals surface area contributed by atoms with Crippen molar-refractivity contribution in [1.82, 2.24) is 0 Å². The molecule has 0 bridgehead atoms. The molecular formula is C15H14O. The average Bonchev–Trinajstić information content (AvgIpc) is 2.28. The van der Waals surface area contributed by atoms with Crippen molar-refractivity contribution in [1.29, 1.82) is 0 Å². The van der Waals surface area contributed by atoms with Crippen LogP contribution >= 0.6 is 0 Å². The number of aromatic hydroxyl groups is 1. The second-order valence-corrected chi connectivity index (χ2v) is 3.84. The molecule has 2 aromatic carbocycles. The molecule has 0 saturated carbocycles. The molecule has 0 aromatic heterocycles. The lowest BCUT2D eigenvalue weighted by Crippen LogP contribution is -1.75. The van der Waals surface area contributed by atoms with E-state index in [0.717, 1.165) is 5.56 Å². The van der Waals surface area contributed by atoms with Crippen LogP contribution in [0.4, 0.5) is 0 Å². The molecule has 0 heterocycles. The molecule has 1 N–H and O–H groups in total. The fourth-order valence-corrected chi connectivity index (χ4v) is 1.55. The van der Waals surface area contributed by atoms with Crippen molar-refractivity contribution >= 4 is 12.2 Å². The number of hydrogen-bond acceptors (Lipinski definition) is 1. The molecule has 0 atom stereocenters. The molecule has 2 aromatic rings. The summed E-state index contributed by atoms with van der Waals surface area (Å²) < 4.78 is 0. The van der Waals surface area contributed by atoms with Gasteiger partial charge in [-0.3, -0.25) is 0 Å². The molecular weight excluding hydrogens is 196 g/mol. The third-order valence-electron chi connectivity index (χ3n) is 2.40. The van der Waals surface area contributed by atoms with E-state index < -0.39 is 0 Å². The van der Waals surface area contributed by atoms with E-state index in [1.165, 1.54) is 11.1 Å². The van der Waals surface area contributed by atoms with Gasteiger partial charge in [0, 0.05) is 0 Å². The Balaban J connectivity index is 2.18. The molecule has 0 aliphatic rings. The number of rotatable bonds is 2. The highest BCUT2D eigenvalue weighted by Gasteiger charge is 1.89. The van der Waals surface area contributed by atoms with Crippen LogP contribution in [0.15, 0.2) is 48.5 Å². The Morgan fingerprint density at radius 2 is 1.56 bits per heavy atom. The minimum absolute atomic E-state index is 0.299. The van der Waals surface area contributed by atoms with Crippen molar-refractivity contribution in [2.24, 2.45) is 0 Å². The molecule has 0 saturated heterocycles. The molecule has 0 aliphatic heterocycles. The third-order valence-corrected chi connectivity index (χ3v) is 2.40. The summed E-state index contributed by atoms with van der Waals surface area (Å²) in [6.45, 7) is 2.08. The Morgan fingerprint density at radius 1 is 0.875 bits per heavy atom. The fourth-order valence-electron chi connectivity index (χ4n) is 1.55. The number of phenols is 1. The monoisotopic (exact) mass is 210 g/mol. The van der Waals surface area contributed by atoms with Crippen molar-refractivity contribution in [2.75, 3.05) is 0 Å². The number of hydrogen-bond donors (Lipinski definition) is 1. The number of phenolic OH excluding ortho intramolecular Hbond substituents is 1. The highest BCUT2D eigenvalue weighted by atomic mass is 16.3. The van der Waals surface area contributed by atoms with Crippen molar-refractivity contribution in [3.8, 4) is 5.75 Å². The number of aryl methyl sites for hydroxylation is 1. The van der Waals surface area contributed by atoms with E-state index in [9.17, 15) is 0 Å². The van der Waals surface area contributed by atoms with Crippen molar-refractivity contribution in [3.63, 3.8) is 0 Å². The van der Waals surface area contributed by atoms with E-state index in [0.29, 0.717) is 5.75 Å². The standard InChI is InChI=1S/C15H14O/c1-12-3-2-4-14(11-12)6-5-13-7-9-15(16)10-8-13/h2-11,16H,1H3/b6-5+. The SMILES string of the molecule is Cc1cccc(/C=C/c2ccc(O)cc2)c1. The summed E-state index contributed by atoms with van der Waals surface area (Å²) >= 11 is 0. The lowest BCUT2D eigenvalue weighted by Gasteiger charge is -1.96. The third kappa shape index (κ3) is 2.74. The van der Waals surface area contributed by atoms with Crippen LogP contribution in [0.25, 0.3) is 12.2 Å². The molecule has 1 heteroatoms. The van der Waals surface area contributed by atoms with Crippen LogP contribution in [0.5, 0.6) is 5.75 Å². The normalized spacial score (nSPS) is 10.8. The maximum Gasteiger partial charge on any atom is 0.115 e. The van der Waals surface area contributed by atoms with Gasteiger partial charge in [-0.2, -0.15) is 0 Å². The van der Waals surface area contributed by atoms with Gasteiger partial charge in [-0.05, 0) is 30.2 Å². The van der Waals surface area contributed by atoms with Gasteiger partial charge in [-0.1, -0.05) is 54.1 Å². The lowest BCUT2D eigenvalue weighted by molar-refractivity contribution is 0.475. The van der Waals surface area contributed by atoms with E-state index in [2.05, 4.69) is 31.2 Å². The molecule has 1 nitrogen and oxygen atoms in total. The average molecular weight is 210 g/mol. The van der Waals surface area contributed by atoms with E-state index in [1.54, 1.807) is 12.1 Å². The largest absolute Gasteiger partial charge is 0.508 e. The van der Waals surface area contributed by atoms with Crippen molar-refractivity contribution < 1.29 is 5.11 Å². The zero-order chi connectivity index (χ0) is 11.4. The quantitative estimate of drug-likeness (QED) is 0.746. The molecule has 0 unspecified atom stereocenters. The van der Waals surface area contributed by atoms with E-state index >= 15 is 0 Å². The summed E-state index contributed by atoms with van der Waals surface area (Å²) in [7, 11) is 0. The van der Waals surface area contributed by atoms with Crippen LogP contribution in [0.1, 0.15) is 16.7 Å². The summed E-state index contributed by atoms with van der Waals surface area (Å²) in [5.74, 6) is 0.299. The van der Waals surface area contributed by atoms with Gasteiger partial charge in [0.25, 0.3) is 0 Å². The van der Waals surface area contributed by atoms with Crippen molar-refractivity contribution in [2.45, 2.75) is 6.92 Å². The second kappa shape index (κ2) is 4.67. The molecule has 0 radical (unpaired) electrons. The Labute approximate surface area is 95.7 Å². The Morgan fingerprint density at radius 3 is 2.25 bits per heavy atom. The Kier molecular flexibility index (Phi) is 3.06. The summed E-state index contributed by atoms with van der Waals surface area (Å²) in [4.78, 5) is 0. The van der Waals surface area contributed by atoms with Gasteiger partial charge >= 0.3 is 0 Å². The molecule has 0 fully saturated rings. The summed E-state index contributed by atoms with van der Waals surface area (Å²) in [6, 6.07) is 15.5. The maximum atomic E-state index is 9.15. The maximum absolute atomic E-state index is 9.15. The molecule has 80 valence electrons. The first kappa shape index (κ1) is 10.5. The van der Waals surface area contributed by atoms with Crippen molar-refractivity contribution in [3.05, 3.63) is 65.2 Å². The van der Waals surface area contributed by atoms with E-state index in [1.807, 2.05) is 24.3 Å².